The molecule has 8 heteroatoms. The van der Waals surface area contributed by atoms with Gasteiger partial charge in [0.15, 0.2) is 5.82 Å². The number of nitrogens with zero attached hydrogens (tertiary/aromatic N) is 2. The molecule has 1 heterocycles. The zero-order valence-electron chi connectivity index (χ0n) is 15.3. The fourth-order valence-corrected chi connectivity index (χ4v) is 2.92. The van der Waals surface area contributed by atoms with Gasteiger partial charge in [-0.1, -0.05) is 12.1 Å². The summed E-state index contributed by atoms with van der Waals surface area (Å²) >= 11 is 0. The molecular weight excluding hydrogens is 326 g/mol. The van der Waals surface area contributed by atoms with Gasteiger partial charge >= 0.3 is 12.1 Å². The second kappa shape index (κ2) is 7.41. The van der Waals surface area contributed by atoms with E-state index in [1.54, 1.807) is 20.8 Å². The van der Waals surface area contributed by atoms with Crippen LogP contribution in [-0.4, -0.2) is 32.9 Å². The summed E-state index contributed by atoms with van der Waals surface area (Å²) in [5.41, 5.74) is -1.34. The monoisotopic (exact) mass is 353 g/mol. The van der Waals surface area contributed by atoms with E-state index in [-0.39, 0.29) is 18.7 Å². The SMILES string of the molecule is CC1CCC(NC(=O)OC(C)(C)C)(c2noc(CCC(=O)O)n2)CC1. The molecule has 1 saturated carbocycles. The number of carbonyl (C=O) groups excluding carboxylic acids is 1. The summed E-state index contributed by atoms with van der Waals surface area (Å²) in [6.45, 7) is 7.59. The standard InChI is InChI=1S/C17H27N3O5/c1-11-7-9-17(10-8-11,19-15(23)24-16(2,3)4)14-18-12(25-20-14)5-6-13(21)22/h11H,5-10H2,1-4H3,(H,19,23)(H,21,22). The number of amides is 1. The van der Waals surface area contributed by atoms with Crippen molar-refractivity contribution in [2.45, 2.75) is 77.4 Å². The van der Waals surface area contributed by atoms with Crippen LogP contribution in [0.1, 0.15) is 71.5 Å². The van der Waals surface area contributed by atoms with Crippen molar-refractivity contribution >= 4 is 12.1 Å². The largest absolute Gasteiger partial charge is 0.481 e. The summed E-state index contributed by atoms with van der Waals surface area (Å²) in [7, 11) is 0. The van der Waals surface area contributed by atoms with Crippen molar-refractivity contribution in [3.63, 3.8) is 0 Å². The van der Waals surface area contributed by atoms with E-state index in [4.69, 9.17) is 14.4 Å². The molecule has 0 atom stereocenters. The maximum Gasteiger partial charge on any atom is 0.408 e. The minimum absolute atomic E-state index is 0.0782. The Morgan fingerprint density at radius 1 is 1.36 bits per heavy atom. The van der Waals surface area contributed by atoms with Crippen molar-refractivity contribution in [3.8, 4) is 0 Å². The van der Waals surface area contributed by atoms with Crippen LogP contribution in [0.25, 0.3) is 0 Å². The van der Waals surface area contributed by atoms with Gasteiger partial charge < -0.3 is 19.7 Å². The highest BCUT2D eigenvalue weighted by atomic mass is 16.6. The Hall–Kier alpha value is -2.12. The Bertz CT molecular complexity index is 612. The van der Waals surface area contributed by atoms with Gasteiger partial charge in [-0.25, -0.2) is 4.79 Å². The smallest absolute Gasteiger partial charge is 0.408 e. The molecule has 0 bridgehead atoms. The highest BCUT2D eigenvalue weighted by molar-refractivity contribution is 5.69. The fourth-order valence-electron chi connectivity index (χ4n) is 2.92. The van der Waals surface area contributed by atoms with Crippen LogP contribution in [-0.2, 0) is 21.5 Å². The summed E-state index contributed by atoms with van der Waals surface area (Å²) in [5.74, 6) is 0.298. The predicted octanol–water partition coefficient (Wildman–Crippen LogP) is 3.02. The summed E-state index contributed by atoms with van der Waals surface area (Å²) in [6.07, 6.45) is 2.80. The summed E-state index contributed by atoms with van der Waals surface area (Å²) in [5, 5.41) is 15.7. The lowest BCUT2D eigenvalue weighted by atomic mass is 9.76. The highest BCUT2D eigenvalue weighted by Gasteiger charge is 2.42. The average molecular weight is 353 g/mol. The van der Waals surface area contributed by atoms with Crippen LogP contribution in [0.5, 0.6) is 0 Å². The van der Waals surface area contributed by atoms with Gasteiger partial charge in [-0.05, 0) is 52.4 Å². The first kappa shape index (κ1) is 19.2. The molecule has 140 valence electrons. The predicted molar refractivity (Wildman–Crippen MR) is 88.9 cm³/mol. The van der Waals surface area contributed by atoms with Crippen LogP contribution in [0.15, 0.2) is 4.52 Å². The Morgan fingerprint density at radius 3 is 2.56 bits per heavy atom. The Balaban J connectivity index is 2.18. The number of ether oxygens (including phenoxy) is 1. The molecule has 0 spiro atoms. The number of aryl methyl sites for hydroxylation is 1. The van der Waals surface area contributed by atoms with E-state index < -0.39 is 23.2 Å². The van der Waals surface area contributed by atoms with E-state index in [1.807, 2.05) is 0 Å². The number of hydrogen-bond donors (Lipinski definition) is 2. The minimum atomic E-state index is -0.923. The Morgan fingerprint density at radius 2 is 2.00 bits per heavy atom. The van der Waals surface area contributed by atoms with Gasteiger partial charge in [0.2, 0.25) is 5.89 Å². The van der Waals surface area contributed by atoms with E-state index in [0.29, 0.717) is 24.6 Å². The molecule has 1 fully saturated rings. The van der Waals surface area contributed by atoms with Crippen LogP contribution in [0.3, 0.4) is 0 Å². The van der Waals surface area contributed by atoms with Gasteiger partial charge in [-0.2, -0.15) is 4.98 Å². The van der Waals surface area contributed by atoms with E-state index in [1.165, 1.54) is 0 Å². The number of aromatic nitrogens is 2. The van der Waals surface area contributed by atoms with E-state index in [0.717, 1.165) is 12.8 Å². The van der Waals surface area contributed by atoms with Crippen molar-refractivity contribution in [1.82, 2.24) is 15.5 Å². The first-order chi connectivity index (χ1) is 11.6. The lowest BCUT2D eigenvalue weighted by Gasteiger charge is -2.37. The number of hydrogen-bond acceptors (Lipinski definition) is 6. The molecule has 0 radical (unpaired) electrons. The van der Waals surface area contributed by atoms with Crippen LogP contribution >= 0.6 is 0 Å². The molecule has 0 unspecified atom stereocenters. The number of aliphatic carboxylic acids is 1. The molecule has 2 N–H and O–H groups in total. The number of rotatable bonds is 5. The van der Waals surface area contributed by atoms with E-state index >= 15 is 0 Å². The number of carboxylic acids is 1. The first-order valence-electron chi connectivity index (χ1n) is 8.66. The van der Waals surface area contributed by atoms with Gasteiger partial charge in [0.1, 0.15) is 11.1 Å². The zero-order valence-corrected chi connectivity index (χ0v) is 15.3. The van der Waals surface area contributed by atoms with Crippen molar-refractivity contribution in [2.24, 2.45) is 5.92 Å². The molecule has 0 aliphatic heterocycles. The zero-order chi connectivity index (χ0) is 18.7. The molecule has 1 aliphatic rings. The molecule has 1 aromatic rings. The number of carbonyl (C=O) groups is 2. The number of alkyl carbamates (subject to hydrolysis) is 1. The third-order valence-corrected chi connectivity index (χ3v) is 4.32. The number of carboxylic acid groups (broad SMARTS) is 1. The maximum absolute atomic E-state index is 12.3. The van der Waals surface area contributed by atoms with E-state index in [2.05, 4.69) is 22.4 Å². The van der Waals surface area contributed by atoms with Crippen molar-refractivity contribution in [1.29, 1.82) is 0 Å². The topological polar surface area (TPSA) is 115 Å². The number of nitrogens with one attached hydrogen (secondary N) is 1. The molecule has 2 rings (SSSR count). The van der Waals surface area contributed by atoms with Crippen LogP contribution in [0.4, 0.5) is 4.79 Å². The second-order valence-corrected chi connectivity index (χ2v) is 7.80. The molecule has 1 amide bonds. The molecule has 8 nitrogen and oxygen atoms in total. The molecule has 0 saturated heterocycles. The molecule has 25 heavy (non-hydrogen) atoms. The fraction of sp³-hybridized carbons (Fsp3) is 0.765. The molecule has 1 aliphatic carbocycles. The van der Waals surface area contributed by atoms with Crippen LogP contribution in [0, 0.1) is 5.92 Å². The van der Waals surface area contributed by atoms with Gasteiger partial charge in [-0.15, -0.1) is 0 Å². The third-order valence-electron chi connectivity index (χ3n) is 4.32. The molecule has 1 aromatic heterocycles. The second-order valence-electron chi connectivity index (χ2n) is 7.80. The van der Waals surface area contributed by atoms with Crippen LogP contribution in [0.2, 0.25) is 0 Å². The van der Waals surface area contributed by atoms with Gasteiger partial charge in [-0.3, -0.25) is 4.79 Å². The van der Waals surface area contributed by atoms with E-state index in [9.17, 15) is 9.59 Å². The average Bonchev–Trinajstić information content (AvgIpc) is 2.95. The highest BCUT2D eigenvalue weighted by Crippen LogP contribution is 2.38. The van der Waals surface area contributed by atoms with Gasteiger partial charge in [0.25, 0.3) is 0 Å². The third kappa shape index (κ3) is 5.44. The van der Waals surface area contributed by atoms with Crippen molar-refractivity contribution < 1.29 is 24.0 Å². The van der Waals surface area contributed by atoms with Crippen LogP contribution < -0.4 is 5.32 Å². The van der Waals surface area contributed by atoms with Crippen molar-refractivity contribution in [2.75, 3.05) is 0 Å². The van der Waals surface area contributed by atoms with Gasteiger partial charge in [0, 0.05) is 6.42 Å². The maximum atomic E-state index is 12.3. The van der Waals surface area contributed by atoms with Crippen molar-refractivity contribution in [3.05, 3.63) is 11.7 Å². The lowest BCUT2D eigenvalue weighted by molar-refractivity contribution is -0.137. The quantitative estimate of drug-likeness (QED) is 0.836. The molecule has 0 aromatic carbocycles. The summed E-state index contributed by atoms with van der Waals surface area (Å²) in [6, 6.07) is 0. The first-order valence-corrected chi connectivity index (χ1v) is 8.66. The molecular formula is C17H27N3O5. The summed E-state index contributed by atoms with van der Waals surface area (Å²) in [4.78, 5) is 27.3. The normalized spacial score (nSPS) is 23.9. The summed E-state index contributed by atoms with van der Waals surface area (Å²) < 4.78 is 10.6. The Labute approximate surface area is 147 Å². The van der Waals surface area contributed by atoms with Gasteiger partial charge in [0.05, 0.1) is 6.42 Å². The minimum Gasteiger partial charge on any atom is -0.481 e. The lowest BCUT2D eigenvalue weighted by Crippen LogP contribution is -2.50. The Kier molecular flexibility index (Phi) is 5.69.